The second-order valence-electron chi connectivity index (χ2n) is 6.70. The van der Waals surface area contributed by atoms with Gasteiger partial charge in [0.15, 0.2) is 5.13 Å². The number of carbonyl (C=O) groups excluding carboxylic acids is 1. The molecule has 2 heterocycles. The maximum Gasteiger partial charge on any atom is 0.321 e. The quantitative estimate of drug-likeness (QED) is 0.737. The molecule has 0 unspecified atom stereocenters. The van der Waals surface area contributed by atoms with Crippen LogP contribution in [0.3, 0.4) is 0 Å². The molecule has 6 heteroatoms. The summed E-state index contributed by atoms with van der Waals surface area (Å²) in [6.45, 7) is 7.26. The molecule has 1 aliphatic rings. The van der Waals surface area contributed by atoms with Crippen molar-refractivity contribution in [1.29, 1.82) is 0 Å². The summed E-state index contributed by atoms with van der Waals surface area (Å²) >= 11 is 1.75. The van der Waals surface area contributed by atoms with Gasteiger partial charge in [-0.2, -0.15) is 0 Å². The van der Waals surface area contributed by atoms with E-state index in [0.717, 1.165) is 29.4 Å². The third-order valence-corrected chi connectivity index (χ3v) is 5.94. The normalized spacial score (nSPS) is 14.7. The highest BCUT2D eigenvalue weighted by Crippen LogP contribution is 2.32. The molecule has 0 saturated carbocycles. The number of piperazine rings is 1. The van der Waals surface area contributed by atoms with Crippen molar-refractivity contribution >= 4 is 38.4 Å². The van der Waals surface area contributed by atoms with Crippen molar-refractivity contribution < 1.29 is 4.79 Å². The minimum Gasteiger partial charge on any atom is -0.345 e. The van der Waals surface area contributed by atoms with Gasteiger partial charge in [0.25, 0.3) is 0 Å². The average molecular weight is 366 g/mol. The maximum atomic E-state index is 12.4. The van der Waals surface area contributed by atoms with E-state index in [-0.39, 0.29) is 6.03 Å². The van der Waals surface area contributed by atoms with Crippen LogP contribution in [0.25, 0.3) is 10.2 Å². The summed E-state index contributed by atoms with van der Waals surface area (Å²) in [5.41, 5.74) is 4.43. The molecule has 4 rings (SSSR count). The highest BCUT2D eigenvalue weighted by Gasteiger charge is 2.23. The number of anilines is 2. The van der Waals surface area contributed by atoms with Crippen molar-refractivity contribution in [2.45, 2.75) is 13.8 Å². The number of amides is 2. The monoisotopic (exact) mass is 366 g/mol. The van der Waals surface area contributed by atoms with Gasteiger partial charge in [-0.15, -0.1) is 0 Å². The lowest BCUT2D eigenvalue weighted by Crippen LogP contribution is -2.50. The molecule has 1 saturated heterocycles. The van der Waals surface area contributed by atoms with Gasteiger partial charge in [-0.05, 0) is 43.2 Å². The fourth-order valence-electron chi connectivity index (χ4n) is 3.33. The summed E-state index contributed by atoms with van der Waals surface area (Å²) in [5.74, 6) is 0. The lowest BCUT2D eigenvalue weighted by Gasteiger charge is -2.34. The van der Waals surface area contributed by atoms with Crippen LogP contribution in [0.15, 0.2) is 42.5 Å². The van der Waals surface area contributed by atoms with E-state index in [4.69, 9.17) is 4.98 Å². The zero-order valence-corrected chi connectivity index (χ0v) is 15.8. The van der Waals surface area contributed by atoms with Gasteiger partial charge in [0.05, 0.1) is 10.2 Å². The summed E-state index contributed by atoms with van der Waals surface area (Å²) < 4.78 is 1.26. The lowest BCUT2D eigenvalue weighted by atomic mass is 10.1. The molecule has 0 aliphatic carbocycles. The molecule has 0 bridgehead atoms. The first-order valence-electron chi connectivity index (χ1n) is 8.84. The van der Waals surface area contributed by atoms with E-state index in [2.05, 4.69) is 36.2 Å². The van der Waals surface area contributed by atoms with Crippen LogP contribution in [0.1, 0.15) is 11.1 Å². The third kappa shape index (κ3) is 3.37. The number of nitrogens with one attached hydrogen (secondary N) is 1. The van der Waals surface area contributed by atoms with Gasteiger partial charge < -0.3 is 15.1 Å². The highest BCUT2D eigenvalue weighted by molar-refractivity contribution is 7.22. The number of aryl methyl sites for hydroxylation is 2. The molecule has 1 fully saturated rings. The Hall–Kier alpha value is -2.60. The van der Waals surface area contributed by atoms with Crippen molar-refractivity contribution in [3.05, 3.63) is 53.6 Å². The molecule has 3 aromatic rings. The van der Waals surface area contributed by atoms with E-state index in [1.165, 1.54) is 15.8 Å². The largest absolute Gasteiger partial charge is 0.345 e. The predicted octanol–water partition coefficient (Wildman–Crippen LogP) is 4.27. The van der Waals surface area contributed by atoms with Crippen LogP contribution < -0.4 is 10.2 Å². The van der Waals surface area contributed by atoms with Gasteiger partial charge in [-0.3, -0.25) is 0 Å². The Labute approximate surface area is 157 Å². The molecule has 1 N–H and O–H groups in total. The number of thiazole rings is 1. The Balaban J connectivity index is 1.42. The van der Waals surface area contributed by atoms with E-state index in [1.54, 1.807) is 11.3 Å². The molecule has 0 spiro atoms. The number of fused-ring (bicyclic) bond motifs is 1. The van der Waals surface area contributed by atoms with Gasteiger partial charge in [0.2, 0.25) is 0 Å². The molecule has 2 amide bonds. The van der Waals surface area contributed by atoms with E-state index in [9.17, 15) is 4.79 Å². The standard InChI is InChI=1S/C20H22N4OS/c1-14-12-15(2)18-17(13-14)22-20(26-18)24-10-8-23(9-11-24)19(25)21-16-6-4-3-5-7-16/h3-7,12-13H,8-11H2,1-2H3,(H,21,25). The van der Waals surface area contributed by atoms with Crippen molar-refractivity contribution in [3.8, 4) is 0 Å². The second-order valence-corrected chi connectivity index (χ2v) is 7.67. The summed E-state index contributed by atoms with van der Waals surface area (Å²) in [6.07, 6.45) is 0. The molecule has 2 aromatic carbocycles. The van der Waals surface area contributed by atoms with Crippen molar-refractivity contribution in [3.63, 3.8) is 0 Å². The summed E-state index contributed by atoms with van der Waals surface area (Å²) in [5, 5.41) is 4.01. The van der Waals surface area contributed by atoms with Gasteiger partial charge in [-0.1, -0.05) is 35.6 Å². The van der Waals surface area contributed by atoms with Crippen LogP contribution in [-0.2, 0) is 0 Å². The van der Waals surface area contributed by atoms with Crippen LogP contribution in [0.2, 0.25) is 0 Å². The highest BCUT2D eigenvalue weighted by atomic mass is 32.1. The number of para-hydroxylation sites is 1. The minimum absolute atomic E-state index is 0.0355. The number of carbonyl (C=O) groups is 1. The van der Waals surface area contributed by atoms with Crippen molar-refractivity contribution in [2.24, 2.45) is 0 Å². The topological polar surface area (TPSA) is 48.5 Å². The van der Waals surface area contributed by atoms with Gasteiger partial charge in [0.1, 0.15) is 0 Å². The van der Waals surface area contributed by atoms with E-state index >= 15 is 0 Å². The van der Waals surface area contributed by atoms with Crippen LogP contribution in [0, 0.1) is 13.8 Å². The molecular weight excluding hydrogens is 344 g/mol. The SMILES string of the molecule is Cc1cc(C)c2sc(N3CCN(C(=O)Nc4ccccc4)CC3)nc2c1. The van der Waals surface area contributed by atoms with Crippen molar-refractivity contribution in [1.82, 2.24) is 9.88 Å². The fourth-order valence-corrected chi connectivity index (χ4v) is 4.39. The average Bonchev–Trinajstić information content (AvgIpc) is 3.07. The van der Waals surface area contributed by atoms with Crippen LogP contribution in [-0.4, -0.2) is 42.1 Å². The van der Waals surface area contributed by atoms with Crippen LogP contribution >= 0.6 is 11.3 Å². The van der Waals surface area contributed by atoms with E-state index in [1.807, 2.05) is 35.2 Å². The molecule has 1 aromatic heterocycles. The summed E-state index contributed by atoms with van der Waals surface area (Å²) in [4.78, 5) is 21.4. The number of rotatable bonds is 2. The molecule has 134 valence electrons. The van der Waals surface area contributed by atoms with Gasteiger partial charge in [0, 0.05) is 31.9 Å². The molecule has 1 aliphatic heterocycles. The first-order valence-corrected chi connectivity index (χ1v) is 9.65. The molecule has 26 heavy (non-hydrogen) atoms. The summed E-state index contributed by atoms with van der Waals surface area (Å²) in [6, 6.07) is 13.9. The maximum absolute atomic E-state index is 12.4. The number of nitrogens with zero attached hydrogens (tertiary/aromatic N) is 3. The Kier molecular flexibility index (Phi) is 4.51. The number of urea groups is 1. The Morgan fingerprint density at radius 1 is 1.08 bits per heavy atom. The number of hydrogen-bond donors (Lipinski definition) is 1. The number of aromatic nitrogens is 1. The second kappa shape index (κ2) is 6.96. The number of benzene rings is 2. The first-order chi connectivity index (χ1) is 12.6. The lowest BCUT2D eigenvalue weighted by molar-refractivity contribution is 0.208. The molecular formula is C20H22N4OS. The smallest absolute Gasteiger partial charge is 0.321 e. The van der Waals surface area contributed by atoms with Crippen LogP contribution in [0.5, 0.6) is 0 Å². The van der Waals surface area contributed by atoms with E-state index in [0.29, 0.717) is 13.1 Å². The van der Waals surface area contributed by atoms with Gasteiger partial charge in [-0.25, -0.2) is 9.78 Å². The molecule has 0 radical (unpaired) electrons. The van der Waals surface area contributed by atoms with E-state index < -0.39 is 0 Å². The summed E-state index contributed by atoms with van der Waals surface area (Å²) in [7, 11) is 0. The zero-order chi connectivity index (χ0) is 18.1. The Morgan fingerprint density at radius 3 is 2.54 bits per heavy atom. The van der Waals surface area contributed by atoms with Crippen molar-refractivity contribution in [2.75, 3.05) is 36.4 Å². The molecule has 0 atom stereocenters. The zero-order valence-electron chi connectivity index (χ0n) is 15.0. The predicted molar refractivity (Wildman–Crippen MR) is 108 cm³/mol. The minimum atomic E-state index is -0.0355. The third-order valence-electron chi connectivity index (χ3n) is 4.67. The fraction of sp³-hybridized carbons (Fsp3) is 0.300. The Morgan fingerprint density at radius 2 is 1.81 bits per heavy atom. The van der Waals surface area contributed by atoms with Crippen LogP contribution in [0.4, 0.5) is 15.6 Å². The van der Waals surface area contributed by atoms with Gasteiger partial charge >= 0.3 is 6.03 Å². The first kappa shape index (κ1) is 16.8. The molecule has 5 nitrogen and oxygen atoms in total. The number of hydrogen-bond acceptors (Lipinski definition) is 4. The Bertz CT molecular complexity index is 930.